The Morgan fingerprint density at radius 2 is 1.55 bits per heavy atom. The zero-order chi connectivity index (χ0) is 14.4. The Morgan fingerprint density at radius 3 is 2.20 bits per heavy atom. The molecule has 0 aliphatic rings. The third kappa shape index (κ3) is 1.93. The van der Waals surface area contributed by atoms with Crippen LogP contribution in [0.25, 0.3) is 22.3 Å². The van der Waals surface area contributed by atoms with Gasteiger partial charge in [0.2, 0.25) is 0 Å². The zero-order valence-corrected chi connectivity index (χ0v) is 13.0. The van der Waals surface area contributed by atoms with Crippen molar-refractivity contribution in [2.45, 2.75) is 0 Å². The van der Waals surface area contributed by atoms with Crippen LogP contribution in [0.4, 0.5) is 17.1 Å². The Hall–Kier alpha value is -1.76. The van der Waals surface area contributed by atoms with E-state index in [0.717, 1.165) is 16.2 Å². The molecule has 0 fully saturated rings. The molecule has 0 saturated heterocycles. The molecular weight excluding hydrogens is 288 g/mol. The van der Waals surface area contributed by atoms with Gasteiger partial charge in [0.05, 0.1) is 22.4 Å². The molecule has 0 aliphatic carbocycles. The minimum atomic E-state index is 0.519. The fourth-order valence-corrected chi connectivity index (χ4v) is 2.74. The first-order valence-electron chi connectivity index (χ1n) is 6.00. The molecule has 2 unspecified atom stereocenters. The normalized spacial score (nSPS) is 11.1. The molecule has 1 heterocycles. The molecule has 6 heteroatoms. The molecule has 102 valence electrons. The lowest BCUT2D eigenvalue weighted by atomic mass is 10.1. The Labute approximate surface area is 121 Å². The van der Waals surface area contributed by atoms with Crippen LogP contribution in [0.3, 0.4) is 0 Å². The van der Waals surface area contributed by atoms with Gasteiger partial charge in [-0.05, 0) is 16.7 Å². The van der Waals surface area contributed by atoms with Gasteiger partial charge in [0, 0.05) is 5.56 Å². The highest BCUT2D eigenvalue weighted by Gasteiger charge is 2.18. The number of fused-ring (bicyclic) bond motifs is 1. The van der Waals surface area contributed by atoms with Crippen molar-refractivity contribution in [2.75, 3.05) is 17.2 Å². The highest BCUT2D eigenvalue weighted by Crippen LogP contribution is 2.40. The van der Waals surface area contributed by atoms with Crippen LogP contribution >= 0.6 is 18.5 Å². The number of hydrogen-bond donors (Lipinski definition) is 3. The van der Waals surface area contributed by atoms with Gasteiger partial charge in [0.25, 0.3) is 0 Å². The number of nitrogens with two attached hydrogens (primary N) is 3. The highest BCUT2D eigenvalue weighted by atomic mass is 31.0. The summed E-state index contributed by atoms with van der Waals surface area (Å²) in [6, 6.07) is 9.61. The van der Waals surface area contributed by atoms with Crippen LogP contribution in [0.2, 0.25) is 0 Å². The van der Waals surface area contributed by atoms with E-state index < -0.39 is 0 Å². The molecule has 0 amide bonds. The second-order valence-electron chi connectivity index (χ2n) is 4.64. The van der Waals surface area contributed by atoms with Crippen LogP contribution in [-0.2, 0) is 0 Å². The van der Waals surface area contributed by atoms with Crippen LogP contribution in [-0.4, -0.2) is 0 Å². The third-order valence-electron chi connectivity index (χ3n) is 3.27. The number of benzene rings is 2. The number of nitrogen functional groups attached to an aromatic ring is 3. The molecule has 4 nitrogen and oxygen atoms in total. The molecule has 3 aromatic rings. The molecule has 3 rings (SSSR count). The van der Waals surface area contributed by atoms with Gasteiger partial charge in [-0.25, -0.2) is 0 Å². The van der Waals surface area contributed by atoms with Crippen LogP contribution in [0.15, 0.2) is 34.7 Å². The van der Waals surface area contributed by atoms with E-state index in [1.54, 1.807) is 6.07 Å². The van der Waals surface area contributed by atoms with Crippen molar-refractivity contribution in [3.63, 3.8) is 0 Å². The lowest BCUT2D eigenvalue weighted by molar-refractivity contribution is 0.634. The van der Waals surface area contributed by atoms with Crippen molar-refractivity contribution in [3.8, 4) is 11.3 Å². The van der Waals surface area contributed by atoms with Crippen LogP contribution in [0.5, 0.6) is 0 Å². The van der Waals surface area contributed by atoms with Gasteiger partial charge in [-0.3, -0.25) is 0 Å². The summed E-state index contributed by atoms with van der Waals surface area (Å²) in [6.45, 7) is 0. The minimum Gasteiger partial charge on any atom is -0.452 e. The molecule has 0 saturated carbocycles. The van der Waals surface area contributed by atoms with Crippen LogP contribution in [0.1, 0.15) is 0 Å². The van der Waals surface area contributed by atoms with E-state index >= 15 is 0 Å². The molecule has 0 aliphatic heterocycles. The topological polar surface area (TPSA) is 91.2 Å². The summed E-state index contributed by atoms with van der Waals surface area (Å²) in [5.74, 6) is 0.596. The summed E-state index contributed by atoms with van der Waals surface area (Å²) in [4.78, 5) is 0. The molecule has 2 aromatic carbocycles. The van der Waals surface area contributed by atoms with Crippen molar-refractivity contribution >= 4 is 57.1 Å². The molecule has 0 radical (unpaired) electrons. The first-order chi connectivity index (χ1) is 9.49. The van der Waals surface area contributed by atoms with E-state index in [1.165, 1.54) is 0 Å². The number of furan rings is 1. The molecule has 6 N–H and O–H groups in total. The predicted octanol–water partition coefficient (Wildman–Crippen LogP) is 1.85. The molecule has 20 heavy (non-hydrogen) atoms. The maximum atomic E-state index is 6.20. The lowest BCUT2D eigenvalue weighted by Gasteiger charge is -2.03. The average molecular weight is 303 g/mol. The van der Waals surface area contributed by atoms with Gasteiger partial charge >= 0.3 is 0 Å². The number of hydrogen-bond acceptors (Lipinski definition) is 4. The Bertz CT molecular complexity index is 810. The fourth-order valence-electron chi connectivity index (χ4n) is 2.22. The van der Waals surface area contributed by atoms with Crippen molar-refractivity contribution in [1.82, 2.24) is 0 Å². The molecular formula is C14H15N3OP2. The van der Waals surface area contributed by atoms with Crippen molar-refractivity contribution in [1.29, 1.82) is 0 Å². The maximum absolute atomic E-state index is 6.20. The standard InChI is InChI=1S/C14H15N3OP2/c15-8-5-9(20)11(16)10-12(17)13(18-14(8)10)6-1-3-7(19)4-2-6/h1-5H,15-17,19-20H2. The summed E-state index contributed by atoms with van der Waals surface area (Å²) < 4.78 is 5.85. The first kappa shape index (κ1) is 13.2. The summed E-state index contributed by atoms with van der Waals surface area (Å²) in [7, 11) is 5.19. The lowest BCUT2D eigenvalue weighted by Crippen LogP contribution is -2.04. The molecule has 0 bridgehead atoms. The highest BCUT2D eigenvalue weighted by molar-refractivity contribution is 7.28. The maximum Gasteiger partial charge on any atom is 0.162 e. The SMILES string of the molecule is Nc1cc(P)c(N)c2c(N)c(-c3ccc(P)cc3)oc12. The Kier molecular flexibility index (Phi) is 3.08. The van der Waals surface area contributed by atoms with Gasteiger partial charge in [0.15, 0.2) is 11.3 Å². The van der Waals surface area contributed by atoms with E-state index in [1.807, 2.05) is 24.3 Å². The second-order valence-corrected chi connectivity index (χ2v) is 5.93. The van der Waals surface area contributed by atoms with Crippen molar-refractivity contribution in [2.24, 2.45) is 0 Å². The molecule has 0 spiro atoms. The first-order valence-corrected chi connectivity index (χ1v) is 7.16. The van der Waals surface area contributed by atoms with Gasteiger partial charge in [-0.2, -0.15) is 0 Å². The molecule has 1 aromatic heterocycles. The van der Waals surface area contributed by atoms with E-state index in [-0.39, 0.29) is 0 Å². The summed E-state index contributed by atoms with van der Waals surface area (Å²) in [5, 5.41) is 2.59. The second kappa shape index (κ2) is 4.66. The van der Waals surface area contributed by atoms with Gasteiger partial charge in [0.1, 0.15) is 0 Å². The largest absolute Gasteiger partial charge is 0.452 e. The molecule has 2 atom stereocenters. The minimum absolute atomic E-state index is 0.519. The third-order valence-corrected chi connectivity index (χ3v) is 4.13. The Balaban J connectivity index is 2.34. The number of anilines is 3. The van der Waals surface area contributed by atoms with E-state index in [0.29, 0.717) is 33.8 Å². The van der Waals surface area contributed by atoms with E-state index in [2.05, 4.69) is 18.5 Å². The monoisotopic (exact) mass is 303 g/mol. The zero-order valence-electron chi connectivity index (χ0n) is 10.7. The summed E-state index contributed by atoms with van der Waals surface area (Å²) in [6.07, 6.45) is 0. The van der Waals surface area contributed by atoms with Gasteiger partial charge in [-0.1, -0.05) is 24.3 Å². The van der Waals surface area contributed by atoms with Gasteiger partial charge < -0.3 is 21.6 Å². The van der Waals surface area contributed by atoms with Gasteiger partial charge in [-0.15, -0.1) is 18.5 Å². The predicted molar refractivity (Wildman–Crippen MR) is 93.6 cm³/mol. The quantitative estimate of drug-likeness (QED) is 0.472. The van der Waals surface area contributed by atoms with Crippen molar-refractivity contribution in [3.05, 3.63) is 30.3 Å². The van der Waals surface area contributed by atoms with E-state index in [4.69, 9.17) is 21.6 Å². The average Bonchev–Trinajstić information content (AvgIpc) is 2.76. The van der Waals surface area contributed by atoms with Crippen molar-refractivity contribution < 1.29 is 4.42 Å². The number of rotatable bonds is 1. The van der Waals surface area contributed by atoms with Crippen LogP contribution < -0.4 is 27.8 Å². The smallest absolute Gasteiger partial charge is 0.162 e. The fraction of sp³-hybridized carbons (Fsp3) is 0. The Morgan fingerprint density at radius 1 is 0.900 bits per heavy atom. The summed E-state index contributed by atoms with van der Waals surface area (Å²) in [5.41, 5.74) is 21.3. The summed E-state index contributed by atoms with van der Waals surface area (Å²) >= 11 is 0. The van der Waals surface area contributed by atoms with Crippen LogP contribution in [0, 0.1) is 0 Å². The van der Waals surface area contributed by atoms with E-state index in [9.17, 15) is 0 Å².